The van der Waals surface area contributed by atoms with Crippen molar-refractivity contribution in [3.05, 3.63) is 18.0 Å². The molecular formula is C17H32IN5. The molecule has 1 heterocycles. The highest BCUT2D eigenvalue weighted by Gasteiger charge is 2.18. The van der Waals surface area contributed by atoms with Gasteiger partial charge in [-0.15, -0.1) is 24.0 Å². The molecule has 2 atom stereocenters. The molecule has 1 aliphatic carbocycles. The number of aromatic nitrogens is 2. The van der Waals surface area contributed by atoms with Gasteiger partial charge in [0.25, 0.3) is 0 Å². The molecular weight excluding hydrogens is 401 g/mol. The van der Waals surface area contributed by atoms with E-state index in [1.165, 1.54) is 37.7 Å². The van der Waals surface area contributed by atoms with Gasteiger partial charge in [0.1, 0.15) is 0 Å². The minimum atomic E-state index is 0. The molecule has 0 radical (unpaired) electrons. The molecule has 1 saturated carbocycles. The Morgan fingerprint density at radius 3 is 2.87 bits per heavy atom. The van der Waals surface area contributed by atoms with Crippen LogP contribution < -0.4 is 5.32 Å². The van der Waals surface area contributed by atoms with Crippen LogP contribution in [0.1, 0.15) is 44.6 Å². The first-order chi connectivity index (χ1) is 10.6. The topological polar surface area (TPSA) is 45.5 Å². The zero-order valence-electron chi connectivity index (χ0n) is 15.0. The predicted octanol–water partition coefficient (Wildman–Crippen LogP) is 3.26. The van der Waals surface area contributed by atoms with Crippen molar-refractivity contribution in [2.24, 2.45) is 23.9 Å². The Morgan fingerprint density at radius 1 is 1.48 bits per heavy atom. The fourth-order valence-corrected chi connectivity index (χ4v) is 3.50. The third-order valence-electron chi connectivity index (χ3n) is 4.63. The van der Waals surface area contributed by atoms with Gasteiger partial charge in [0.05, 0.1) is 6.20 Å². The van der Waals surface area contributed by atoms with E-state index >= 15 is 0 Å². The molecule has 5 nitrogen and oxygen atoms in total. The Morgan fingerprint density at radius 2 is 2.26 bits per heavy atom. The Labute approximate surface area is 157 Å². The zero-order valence-corrected chi connectivity index (χ0v) is 17.3. The highest BCUT2D eigenvalue weighted by Crippen LogP contribution is 2.30. The minimum absolute atomic E-state index is 0. The molecule has 0 aliphatic heterocycles. The third kappa shape index (κ3) is 6.69. The minimum Gasteiger partial charge on any atom is -0.356 e. The van der Waals surface area contributed by atoms with E-state index in [9.17, 15) is 0 Å². The number of nitrogens with zero attached hydrogens (tertiary/aromatic N) is 4. The van der Waals surface area contributed by atoms with Gasteiger partial charge < -0.3 is 10.2 Å². The predicted molar refractivity (Wildman–Crippen MR) is 107 cm³/mol. The lowest BCUT2D eigenvalue weighted by Gasteiger charge is -2.27. The average Bonchev–Trinajstić information content (AvgIpc) is 2.88. The lowest BCUT2D eigenvalue weighted by atomic mass is 9.81. The number of nitrogens with one attached hydrogen (secondary N) is 1. The molecule has 1 N–H and O–H groups in total. The molecule has 2 rings (SSSR count). The Hall–Kier alpha value is -0.790. The molecule has 0 aromatic carbocycles. The van der Waals surface area contributed by atoms with E-state index in [1.807, 2.05) is 31.2 Å². The van der Waals surface area contributed by atoms with Gasteiger partial charge in [-0.2, -0.15) is 5.10 Å². The largest absolute Gasteiger partial charge is 0.356 e. The number of hydrogen-bond acceptors (Lipinski definition) is 2. The molecule has 132 valence electrons. The first kappa shape index (κ1) is 20.3. The molecule has 0 bridgehead atoms. The lowest BCUT2D eigenvalue weighted by molar-refractivity contribution is 0.269. The van der Waals surface area contributed by atoms with Crippen molar-refractivity contribution < 1.29 is 0 Å². The molecule has 1 aliphatic rings. The van der Waals surface area contributed by atoms with E-state index in [0.717, 1.165) is 30.9 Å². The first-order valence-electron chi connectivity index (χ1n) is 8.47. The number of halogens is 1. The maximum atomic E-state index is 4.39. The first-order valence-corrected chi connectivity index (χ1v) is 8.47. The maximum absolute atomic E-state index is 4.39. The van der Waals surface area contributed by atoms with Crippen LogP contribution in [-0.2, 0) is 13.6 Å². The highest BCUT2D eigenvalue weighted by atomic mass is 127. The van der Waals surface area contributed by atoms with Crippen molar-refractivity contribution in [1.82, 2.24) is 20.0 Å². The summed E-state index contributed by atoms with van der Waals surface area (Å²) in [5, 5.41) is 7.72. The van der Waals surface area contributed by atoms with Gasteiger partial charge in [0.2, 0.25) is 0 Å². The van der Waals surface area contributed by atoms with Gasteiger partial charge in [-0.05, 0) is 24.7 Å². The lowest BCUT2D eigenvalue weighted by Crippen LogP contribution is -2.39. The average molecular weight is 433 g/mol. The summed E-state index contributed by atoms with van der Waals surface area (Å²) in [5.41, 5.74) is 1.20. The molecule has 0 spiro atoms. The quantitative estimate of drug-likeness (QED) is 0.441. The van der Waals surface area contributed by atoms with Crippen molar-refractivity contribution >= 4 is 29.9 Å². The molecule has 0 amide bonds. The van der Waals surface area contributed by atoms with Crippen LogP contribution in [0.5, 0.6) is 0 Å². The van der Waals surface area contributed by atoms with Crippen LogP contribution in [0, 0.1) is 11.8 Å². The third-order valence-corrected chi connectivity index (χ3v) is 4.63. The van der Waals surface area contributed by atoms with E-state index in [4.69, 9.17) is 0 Å². The Bertz CT molecular complexity index is 485. The molecule has 1 fully saturated rings. The summed E-state index contributed by atoms with van der Waals surface area (Å²) in [6, 6.07) is 0. The van der Waals surface area contributed by atoms with Crippen LogP contribution in [0.25, 0.3) is 0 Å². The van der Waals surface area contributed by atoms with Crippen molar-refractivity contribution in [3.8, 4) is 0 Å². The van der Waals surface area contributed by atoms with E-state index in [-0.39, 0.29) is 24.0 Å². The Kier molecular flexibility index (Phi) is 8.94. The molecule has 2 unspecified atom stereocenters. The van der Waals surface area contributed by atoms with E-state index in [2.05, 4.69) is 34.3 Å². The van der Waals surface area contributed by atoms with Gasteiger partial charge in [-0.25, -0.2) is 0 Å². The van der Waals surface area contributed by atoms with Gasteiger partial charge in [0, 0.05) is 46.0 Å². The van der Waals surface area contributed by atoms with E-state index < -0.39 is 0 Å². The maximum Gasteiger partial charge on any atom is 0.193 e. The standard InChI is InChI=1S/C17H31N5.HI/c1-14-6-5-7-15(10-14)8-9-19-17(18-2)21(3)12-16-11-20-22(4)13-16;/h11,13-15H,5-10,12H2,1-4H3,(H,18,19);1H. The molecule has 6 heteroatoms. The van der Waals surface area contributed by atoms with Crippen molar-refractivity contribution in [1.29, 1.82) is 0 Å². The van der Waals surface area contributed by atoms with E-state index in [0.29, 0.717) is 0 Å². The van der Waals surface area contributed by atoms with Crippen molar-refractivity contribution in [2.45, 2.75) is 45.6 Å². The monoisotopic (exact) mass is 433 g/mol. The summed E-state index contributed by atoms with van der Waals surface area (Å²) in [6.07, 6.45) is 10.8. The second kappa shape index (κ2) is 10.2. The molecule has 1 aromatic rings. The van der Waals surface area contributed by atoms with Gasteiger partial charge in [-0.3, -0.25) is 9.67 Å². The normalized spacial score (nSPS) is 21.7. The number of guanidine groups is 1. The summed E-state index contributed by atoms with van der Waals surface area (Å²) < 4.78 is 1.84. The van der Waals surface area contributed by atoms with Crippen LogP contribution in [0.2, 0.25) is 0 Å². The van der Waals surface area contributed by atoms with E-state index in [1.54, 1.807) is 0 Å². The van der Waals surface area contributed by atoms with Crippen LogP contribution in [0.4, 0.5) is 0 Å². The summed E-state index contributed by atoms with van der Waals surface area (Å²) in [7, 11) is 5.87. The SMILES string of the molecule is CN=C(NCCC1CCCC(C)C1)N(C)Cc1cnn(C)c1.I. The van der Waals surface area contributed by atoms with Gasteiger partial charge >= 0.3 is 0 Å². The van der Waals surface area contributed by atoms with Crippen LogP contribution in [-0.4, -0.2) is 41.3 Å². The fourth-order valence-electron chi connectivity index (χ4n) is 3.50. The smallest absolute Gasteiger partial charge is 0.193 e. The summed E-state index contributed by atoms with van der Waals surface area (Å²) in [5.74, 6) is 2.76. The van der Waals surface area contributed by atoms with Crippen LogP contribution in [0.3, 0.4) is 0 Å². The summed E-state index contributed by atoms with van der Waals surface area (Å²) in [4.78, 5) is 6.55. The number of rotatable bonds is 5. The summed E-state index contributed by atoms with van der Waals surface area (Å²) >= 11 is 0. The second-order valence-corrected chi connectivity index (χ2v) is 6.78. The zero-order chi connectivity index (χ0) is 15.9. The van der Waals surface area contributed by atoms with Crippen molar-refractivity contribution in [3.63, 3.8) is 0 Å². The number of aryl methyl sites for hydroxylation is 1. The molecule has 1 aromatic heterocycles. The van der Waals surface area contributed by atoms with Gasteiger partial charge in [0.15, 0.2) is 5.96 Å². The molecule has 23 heavy (non-hydrogen) atoms. The van der Waals surface area contributed by atoms with Crippen LogP contribution >= 0.6 is 24.0 Å². The second-order valence-electron chi connectivity index (χ2n) is 6.78. The highest BCUT2D eigenvalue weighted by molar-refractivity contribution is 14.0. The Balaban J connectivity index is 0.00000264. The fraction of sp³-hybridized carbons (Fsp3) is 0.765. The number of hydrogen-bond donors (Lipinski definition) is 1. The van der Waals surface area contributed by atoms with Gasteiger partial charge in [-0.1, -0.05) is 26.2 Å². The molecule has 0 saturated heterocycles. The number of aliphatic imine (C=N–C) groups is 1. The van der Waals surface area contributed by atoms with Crippen LogP contribution in [0.15, 0.2) is 17.4 Å². The van der Waals surface area contributed by atoms with Crippen molar-refractivity contribution in [2.75, 3.05) is 20.6 Å². The summed E-state index contributed by atoms with van der Waals surface area (Å²) in [6.45, 7) is 4.23.